The summed E-state index contributed by atoms with van der Waals surface area (Å²) in [7, 11) is 3.87. The molecule has 3 rings (SSSR count). The summed E-state index contributed by atoms with van der Waals surface area (Å²) >= 11 is 12.5. The molecule has 5 nitrogen and oxygen atoms in total. The molecule has 7 heteroatoms. The lowest BCUT2D eigenvalue weighted by Gasteiger charge is -2.37. The summed E-state index contributed by atoms with van der Waals surface area (Å²) in [6.07, 6.45) is 1.35. The number of nitrogens with zero attached hydrogens (tertiary/aromatic N) is 2. The lowest BCUT2D eigenvalue weighted by molar-refractivity contribution is -0.142. The zero-order valence-electron chi connectivity index (χ0n) is 18.1. The van der Waals surface area contributed by atoms with Gasteiger partial charge in [-0.25, -0.2) is 0 Å². The largest absolute Gasteiger partial charge is 0.368 e. The Hall–Kier alpha value is -2.08. The second-order valence-electron chi connectivity index (χ2n) is 8.55. The fourth-order valence-corrected chi connectivity index (χ4v) is 4.75. The van der Waals surface area contributed by atoms with Gasteiger partial charge in [0.15, 0.2) is 0 Å². The summed E-state index contributed by atoms with van der Waals surface area (Å²) in [5.41, 5.74) is 6.86. The molecule has 0 aromatic heterocycles. The molecule has 166 valence electrons. The molecule has 0 radical (unpaired) electrons. The summed E-state index contributed by atoms with van der Waals surface area (Å²) in [6, 6.07) is 14.1. The number of benzene rings is 2. The summed E-state index contributed by atoms with van der Waals surface area (Å²) in [6.45, 7) is 2.95. The maximum absolute atomic E-state index is 14.0. The standard InChI is InChI=1S/C24H29Cl2N3O2/c1-16(17-7-5-4-6-8-17)21(22(27)30)29(14-13-28(2)3)23(31)24(11-12-24)19-10-9-18(25)15-20(19)26/h4-10,15-16,21H,11-14H2,1-3H3,(H2,27,30)/t16?,21-/m0/s1. The molecule has 0 heterocycles. The van der Waals surface area contributed by atoms with E-state index in [1.165, 1.54) is 0 Å². The number of primary amides is 1. The predicted molar refractivity (Wildman–Crippen MR) is 125 cm³/mol. The van der Waals surface area contributed by atoms with Crippen molar-refractivity contribution in [1.29, 1.82) is 0 Å². The third-order valence-electron chi connectivity index (χ3n) is 6.08. The van der Waals surface area contributed by atoms with Crippen molar-refractivity contribution in [3.05, 3.63) is 69.7 Å². The number of rotatable bonds is 9. The monoisotopic (exact) mass is 461 g/mol. The van der Waals surface area contributed by atoms with Crippen molar-refractivity contribution < 1.29 is 9.59 Å². The van der Waals surface area contributed by atoms with E-state index in [0.717, 1.165) is 11.1 Å². The Labute approximate surface area is 194 Å². The van der Waals surface area contributed by atoms with Crippen LogP contribution in [0.5, 0.6) is 0 Å². The topological polar surface area (TPSA) is 66.6 Å². The second-order valence-corrected chi connectivity index (χ2v) is 9.40. The maximum Gasteiger partial charge on any atom is 0.240 e. The van der Waals surface area contributed by atoms with Gasteiger partial charge in [-0.2, -0.15) is 0 Å². The molecule has 2 atom stereocenters. The number of hydrogen-bond donors (Lipinski definition) is 1. The SMILES string of the molecule is CC(c1ccccc1)[C@@H](C(N)=O)N(CCN(C)C)C(=O)C1(c2ccc(Cl)cc2Cl)CC1. The molecule has 1 saturated carbocycles. The van der Waals surface area contributed by atoms with E-state index in [9.17, 15) is 9.59 Å². The molecule has 1 aliphatic rings. The van der Waals surface area contributed by atoms with Crippen molar-refractivity contribution >= 4 is 35.0 Å². The van der Waals surface area contributed by atoms with Crippen molar-refractivity contribution in [2.24, 2.45) is 5.73 Å². The van der Waals surface area contributed by atoms with Gasteiger partial charge in [0.25, 0.3) is 0 Å². The number of hydrogen-bond acceptors (Lipinski definition) is 3. The van der Waals surface area contributed by atoms with Gasteiger partial charge in [0, 0.05) is 29.1 Å². The molecule has 2 aromatic rings. The third kappa shape index (κ3) is 5.05. The third-order valence-corrected chi connectivity index (χ3v) is 6.63. The minimum Gasteiger partial charge on any atom is -0.368 e. The Balaban J connectivity index is 2.00. The van der Waals surface area contributed by atoms with E-state index >= 15 is 0 Å². The van der Waals surface area contributed by atoms with Gasteiger partial charge in [-0.3, -0.25) is 9.59 Å². The van der Waals surface area contributed by atoms with Crippen molar-refractivity contribution in [1.82, 2.24) is 9.80 Å². The van der Waals surface area contributed by atoms with Gasteiger partial charge < -0.3 is 15.5 Å². The molecule has 1 fully saturated rings. The van der Waals surface area contributed by atoms with Crippen molar-refractivity contribution in [2.45, 2.75) is 37.1 Å². The average Bonchev–Trinajstić information content (AvgIpc) is 3.52. The zero-order valence-corrected chi connectivity index (χ0v) is 19.7. The first kappa shape index (κ1) is 23.6. The van der Waals surface area contributed by atoms with E-state index in [2.05, 4.69) is 0 Å². The highest BCUT2D eigenvalue weighted by molar-refractivity contribution is 6.35. The maximum atomic E-state index is 14.0. The van der Waals surface area contributed by atoms with Crippen LogP contribution in [0.3, 0.4) is 0 Å². The van der Waals surface area contributed by atoms with Crippen LogP contribution in [0, 0.1) is 0 Å². The van der Waals surface area contributed by atoms with Gasteiger partial charge in [0.2, 0.25) is 11.8 Å². The lowest BCUT2D eigenvalue weighted by Crippen LogP contribution is -2.55. The zero-order chi connectivity index (χ0) is 22.8. The fraction of sp³-hybridized carbons (Fsp3) is 0.417. The molecule has 0 saturated heterocycles. The van der Waals surface area contributed by atoms with Gasteiger partial charge in [0.1, 0.15) is 6.04 Å². The van der Waals surface area contributed by atoms with Crippen LogP contribution >= 0.6 is 23.2 Å². The lowest BCUT2D eigenvalue weighted by atomic mass is 9.88. The summed E-state index contributed by atoms with van der Waals surface area (Å²) in [5, 5.41) is 0.992. The van der Waals surface area contributed by atoms with Crippen LogP contribution in [-0.4, -0.2) is 54.8 Å². The number of amides is 2. The first-order valence-electron chi connectivity index (χ1n) is 10.4. The van der Waals surface area contributed by atoms with Gasteiger partial charge in [-0.05, 0) is 50.2 Å². The average molecular weight is 462 g/mol. The Kier molecular flexibility index (Phi) is 7.30. The highest BCUT2D eigenvalue weighted by Gasteiger charge is 2.55. The molecule has 0 spiro atoms. The van der Waals surface area contributed by atoms with Crippen LogP contribution in [0.25, 0.3) is 0 Å². The Morgan fingerprint density at radius 1 is 1.06 bits per heavy atom. The Bertz CT molecular complexity index is 945. The number of carbonyl (C=O) groups excluding carboxylic acids is 2. The highest BCUT2D eigenvalue weighted by Crippen LogP contribution is 2.52. The van der Waals surface area contributed by atoms with Gasteiger partial charge >= 0.3 is 0 Å². The number of halogens is 2. The quantitative estimate of drug-likeness (QED) is 0.611. The molecule has 2 amide bonds. The summed E-state index contributed by atoms with van der Waals surface area (Å²) in [4.78, 5) is 30.3. The Morgan fingerprint density at radius 3 is 2.23 bits per heavy atom. The van der Waals surface area contributed by atoms with Crippen molar-refractivity contribution in [2.75, 3.05) is 27.2 Å². The number of nitrogens with two attached hydrogens (primary N) is 1. The normalized spacial score (nSPS) is 16.6. The second kappa shape index (κ2) is 9.60. The molecule has 1 unspecified atom stereocenters. The van der Waals surface area contributed by atoms with Gasteiger partial charge in [-0.1, -0.05) is 66.5 Å². The van der Waals surface area contributed by atoms with Crippen LogP contribution < -0.4 is 5.73 Å². The molecule has 31 heavy (non-hydrogen) atoms. The van der Waals surface area contributed by atoms with E-state index in [0.29, 0.717) is 36.0 Å². The first-order valence-corrected chi connectivity index (χ1v) is 11.2. The minimum atomic E-state index is -0.765. The number of carbonyl (C=O) groups is 2. The Morgan fingerprint density at radius 2 is 1.71 bits per heavy atom. The molecule has 0 aliphatic heterocycles. The van der Waals surface area contributed by atoms with Crippen molar-refractivity contribution in [3.8, 4) is 0 Å². The van der Waals surface area contributed by atoms with Crippen LogP contribution in [-0.2, 0) is 15.0 Å². The van der Waals surface area contributed by atoms with E-state index in [1.807, 2.05) is 62.3 Å². The van der Waals surface area contributed by atoms with E-state index in [1.54, 1.807) is 17.0 Å². The summed E-state index contributed by atoms with van der Waals surface area (Å²) in [5.74, 6) is -0.868. The fourth-order valence-electron chi connectivity index (χ4n) is 4.16. The molecule has 2 N–H and O–H groups in total. The van der Waals surface area contributed by atoms with Crippen LogP contribution in [0.2, 0.25) is 10.0 Å². The smallest absolute Gasteiger partial charge is 0.240 e. The molecular weight excluding hydrogens is 433 g/mol. The van der Waals surface area contributed by atoms with E-state index < -0.39 is 17.4 Å². The number of likely N-dealkylation sites (N-methyl/N-ethyl adjacent to an activating group) is 1. The van der Waals surface area contributed by atoms with E-state index in [4.69, 9.17) is 28.9 Å². The highest BCUT2D eigenvalue weighted by atomic mass is 35.5. The predicted octanol–water partition coefficient (Wildman–Crippen LogP) is 4.07. The van der Waals surface area contributed by atoms with Crippen LogP contribution in [0.4, 0.5) is 0 Å². The molecule has 2 aromatic carbocycles. The summed E-state index contributed by atoms with van der Waals surface area (Å²) < 4.78 is 0. The molecular formula is C24H29Cl2N3O2. The van der Waals surface area contributed by atoms with Crippen molar-refractivity contribution in [3.63, 3.8) is 0 Å². The molecule has 1 aliphatic carbocycles. The van der Waals surface area contributed by atoms with Crippen LogP contribution in [0.1, 0.15) is 36.8 Å². The molecule has 0 bridgehead atoms. The van der Waals surface area contributed by atoms with Gasteiger partial charge in [-0.15, -0.1) is 0 Å². The van der Waals surface area contributed by atoms with E-state index in [-0.39, 0.29) is 11.8 Å². The van der Waals surface area contributed by atoms with Gasteiger partial charge in [0.05, 0.1) is 5.41 Å². The minimum absolute atomic E-state index is 0.106. The van der Waals surface area contributed by atoms with Crippen LogP contribution in [0.15, 0.2) is 48.5 Å². The first-order chi connectivity index (χ1) is 14.7.